The Morgan fingerprint density at radius 1 is 0.759 bits per heavy atom. The van der Waals surface area contributed by atoms with Gasteiger partial charge in [-0.1, -0.05) is 27.7 Å². The first-order valence-corrected chi connectivity index (χ1v) is 20.5. The van der Waals surface area contributed by atoms with E-state index in [4.69, 9.17) is 42.6 Å². The Labute approximate surface area is 318 Å². The highest BCUT2D eigenvalue weighted by atomic mass is 16.7. The molecule has 0 N–H and O–H groups in total. The van der Waals surface area contributed by atoms with Crippen LogP contribution in [0.4, 0.5) is 0 Å². The van der Waals surface area contributed by atoms with Crippen LogP contribution in [0.1, 0.15) is 113 Å². The number of rotatable bonds is 7. The second-order valence-electron chi connectivity index (χ2n) is 18.6. The average molecular weight is 761 g/mol. The molecule has 8 fully saturated rings. The Balaban J connectivity index is 0.995. The van der Waals surface area contributed by atoms with Gasteiger partial charge in [-0.2, -0.15) is 0 Å². The third kappa shape index (κ3) is 6.12. The molecule has 0 aromatic rings. The molecule has 0 bridgehead atoms. The van der Waals surface area contributed by atoms with Crippen LogP contribution in [0.3, 0.4) is 0 Å². The maximum atomic E-state index is 12.4. The van der Waals surface area contributed by atoms with Crippen LogP contribution < -0.4 is 0 Å². The maximum Gasteiger partial charge on any atom is 0.303 e. The second-order valence-corrected chi connectivity index (χ2v) is 18.6. The molecule has 4 saturated heterocycles. The predicted octanol–water partition coefficient (Wildman–Crippen LogP) is 5.03. The van der Waals surface area contributed by atoms with Crippen molar-refractivity contribution in [2.45, 2.75) is 174 Å². The molecule has 4 aliphatic carbocycles. The average Bonchev–Trinajstić information content (AvgIpc) is 3.61. The molecular formula is C41H60O13. The van der Waals surface area contributed by atoms with Gasteiger partial charge in [0, 0.05) is 51.9 Å². The number of fused-ring (bicyclic) bond motifs is 6. The fraction of sp³-hybridized carbons (Fsp3) is 0.902. The first kappa shape index (κ1) is 38.5. The third-order valence-electron chi connectivity index (χ3n) is 15.6. The first-order valence-electron chi connectivity index (χ1n) is 20.5. The quantitative estimate of drug-likeness (QED) is 0.148. The molecule has 0 amide bonds. The Morgan fingerprint density at radius 2 is 1.46 bits per heavy atom. The Kier molecular flexibility index (Phi) is 9.75. The number of carbonyl (C=O) groups excluding carboxylic acids is 4. The lowest BCUT2D eigenvalue weighted by Crippen LogP contribution is -2.64. The molecule has 2 spiro atoms. The van der Waals surface area contributed by atoms with E-state index in [0.29, 0.717) is 41.9 Å². The van der Waals surface area contributed by atoms with E-state index in [1.165, 1.54) is 34.1 Å². The molecule has 0 aromatic carbocycles. The summed E-state index contributed by atoms with van der Waals surface area (Å²) in [4.78, 5) is 48.8. The molecule has 8 rings (SSSR count). The molecule has 18 atom stereocenters. The molecule has 4 saturated carbocycles. The van der Waals surface area contributed by atoms with Gasteiger partial charge < -0.3 is 42.6 Å². The highest BCUT2D eigenvalue weighted by molar-refractivity contribution is 5.68. The van der Waals surface area contributed by atoms with Gasteiger partial charge in [0.2, 0.25) is 0 Å². The Morgan fingerprint density at radius 3 is 2.13 bits per heavy atom. The van der Waals surface area contributed by atoms with Gasteiger partial charge in [0.05, 0.1) is 24.9 Å². The fourth-order valence-corrected chi connectivity index (χ4v) is 13.3. The highest BCUT2D eigenvalue weighted by Gasteiger charge is 2.78. The van der Waals surface area contributed by atoms with Crippen molar-refractivity contribution in [2.24, 2.45) is 46.3 Å². The zero-order valence-electron chi connectivity index (χ0n) is 33.2. The van der Waals surface area contributed by atoms with Crippen molar-refractivity contribution in [3.05, 3.63) is 0 Å². The van der Waals surface area contributed by atoms with E-state index in [0.717, 1.165) is 51.6 Å². The molecule has 54 heavy (non-hydrogen) atoms. The van der Waals surface area contributed by atoms with Crippen LogP contribution in [0.2, 0.25) is 0 Å². The fourth-order valence-electron chi connectivity index (χ4n) is 13.3. The van der Waals surface area contributed by atoms with Gasteiger partial charge >= 0.3 is 23.9 Å². The normalized spacial score (nSPS) is 51.4. The molecule has 4 aliphatic heterocycles. The number of hydrogen-bond acceptors (Lipinski definition) is 13. The van der Waals surface area contributed by atoms with Crippen LogP contribution in [0.15, 0.2) is 0 Å². The smallest absolute Gasteiger partial charge is 0.303 e. The van der Waals surface area contributed by atoms with Crippen LogP contribution >= 0.6 is 0 Å². The molecule has 0 radical (unpaired) electrons. The summed E-state index contributed by atoms with van der Waals surface area (Å²) in [5, 5.41) is 0. The van der Waals surface area contributed by atoms with E-state index in [-0.39, 0.29) is 41.3 Å². The number of carbonyl (C=O) groups is 4. The summed E-state index contributed by atoms with van der Waals surface area (Å²) in [5.41, 5.74) is -0.156. The van der Waals surface area contributed by atoms with E-state index < -0.39 is 60.4 Å². The lowest BCUT2D eigenvalue weighted by molar-refractivity contribution is -0.321. The predicted molar refractivity (Wildman–Crippen MR) is 188 cm³/mol. The largest absolute Gasteiger partial charge is 0.463 e. The SMILES string of the molecule is CC(=O)OC[C@H]1O[C@@H](O[C@H]2CC[C@]3(C)[C@H]4CC[C@]5(C)[C@@H]6[C@H](C[C@H]5[C@@H]4C[C@@H]4O[C@@]43C2)O[C@]2(CC[C@@H](C)CO2)[C@H]6C)[C@H](OC(C)=O)[C@@H](OC(C)=O)[C@H]1OC(C)=O. The van der Waals surface area contributed by atoms with Gasteiger partial charge in [-0.15, -0.1) is 0 Å². The van der Waals surface area contributed by atoms with Gasteiger partial charge in [0.25, 0.3) is 0 Å². The summed E-state index contributed by atoms with van der Waals surface area (Å²) in [7, 11) is 0. The van der Waals surface area contributed by atoms with Gasteiger partial charge in [0.1, 0.15) is 18.3 Å². The molecule has 13 heteroatoms. The van der Waals surface area contributed by atoms with Gasteiger partial charge in [0.15, 0.2) is 30.4 Å². The zero-order chi connectivity index (χ0) is 38.5. The van der Waals surface area contributed by atoms with Crippen LogP contribution in [-0.4, -0.2) is 97.5 Å². The van der Waals surface area contributed by atoms with Crippen LogP contribution in [-0.2, 0) is 61.8 Å². The van der Waals surface area contributed by atoms with E-state index in [2.05, 4.69) is 27.7 Å². The maximum absolute atomic E-state index is 12.4. The monoisotopic (exact) mass is 760 g/mol. The lowest BCUT2D eigenvalue weighted by Gasteiger charge is -2.60. The van der Waals surface area contributed by atoms with Crippen molar-refractivity contribution < 1.29 is 61.8 Å². The first-order chi connectivity index (χ1) is 25.5. The Hall–Kier alpha value is -2.32. The minimum absolute atomic E-state index is 0.0307. The molecule has 302 valence electrons. The lowest BCUT2D eigenvalue weighted by atomic mass is 9.44. The third-order valence-corrected chi connectivity index (χ3v) is 15.6. The van der Waals surface area contributed by atoms with Gasteiger partial charge in [-0.25, -0.2) is 0 Å². The van der Waals surface area contributed by atoms with Gasteiger partial charge in [-0.05, 0) is 80.0 Å². The number of esters is 4. The van der Waals surface area contributed by atoms with Crippen LogP contribution in [0.5, 0.6) is 0 Å². The summed E-state index contributed by atoms with van der Waals surface area (Å²) < 4.78 is 55.5. The van der Waals surface area contributed by atoms with E-state index >= 15 is 0 Å². The Bertz CT molecular complexity index is 1510. The van der Waals surface area contributed by atoms with Crippen molar-refractivity contribution >= 4 is 23.9 Å². The molecule has 8 aliphatic rings. The van der Waals surface area contributed by atoms with E-state index in [1.807, 2.05) is 0 Å². The van der Waals surface area contributed by atoms with Crippen molar-refractivity contribution in [2.75, 3.05) is 13.2 Å². The van der Waals surface area contributed by atoms with E-state index in [9.17, 15) is 19.2 Å². The van der Waals surface area contributed by atoms with Crippen LogP contribution in [0, 0.1) is 46.3 Å². The van der Waals surface area contributed by atoms with Crippen molar-refractivity contribution in [3.8, 4) is 0 Å². The molecular weight excluding hydrogens is 700 g/mol. The summed E-state index contributed by atoms with van der Waals surface area (Å²) in [6.45, 7) is 15.1. The topological polar surface area (TPSA) is 155 Å². The summed E-state index contributed by atoms with van der Waals surface area (Å²) in [5.74, 6) is 0.152. The van der Waals surface area contributed by atoms with E-state index in [1.54, 1.807) is 0 Å². The zero-order valence-corrected chi connectivity index (χ0v) is 33.2. The summed E-state index contributed by atoms with van der Waals surface area (Å²) >= 11 is 0. The highest BCUT2D eigenvalue weighted by Crippen LogP contribution is 2.76. The van der Waals surface area contributed by atoms with Gasteiger partial charge in [-0.3, -0.25) is 19.2 Å². The van der Waals surface area contributed by atoms with Crippen molar-refractivity contribution in [1.82, 2.24) is 0 Å². The minimum atomic E-state index is -1.26. The molecule has 0 unspecified atom stereocenters. The summed E-state index contributed by atoms with van der Waals surface area (Å²) in [6.07, 6.45) is 2.98. The van der Waals surface area contributed by atoms with Crippen molar-refractivity contribution in [1.29, 1.82) is 0 Å². The number of ether oxygens (including phenoxy) is 9. The standard InChI is InChI=1S/C41H60O13/c1-20-9-14-41(47-18-20)21(2)33-30(53-41)16-29-27-15-32-40(54-32)17-26(10-13-39(40,8)28(27)11-12-38(29,33)7)51-37-36(50-25(6)45)35(49-24(5)44)34(48-23(4)43)31(52-37)19-46-22(3)42/h20-21,26-37H,9-19H2,1-8H3/t20-,21+,26+,27-,28+,29+,30+,31-,32+,33+,34+,35+,36-,37-,38+,39-,40+,41-/m1/s1. The van der Waals surface area contributed by atoms with Crippen molar-refractivity contribution in [3.63, 3.8) is 0 Å². The minimum Gasteiger partial charge on any atom is -0.463 e. The summed E-state index contributed by atoms with van der Waals surface area (Å²) in [6, 6.07) is 0. The number of epoxide rings is 1. The molecule has 0 aromatic heterocycles. The number of hydrogen-bond donors (Lipinski definition) is 0. The second kappa shape index (κ2) is 13.7. The van der Waals surface area contributed by atoms with Crippen LogP contribution in [0.25, 0.3) is 0 Å². The molecule has 4 heterocycles. The molecule has 13 nitrogen and oxygen atoms in total.